The minimum atomic E-state index is -1.72. The molecule has 40 heavy (non-hydrogen) atoms. The van der Waals surface area contributed by atoms with Crippen LogP contribution in [0.2, 0.25) is 0 Å². The number of ether oxygens (including phenoxy) is 2. The van der Waals surface area contributed by atoms with Crippen LogP contribution in [0.1, 0.15) is 45.9 Å². The van der Waals surface area contributed by atoms with E-state index in [0.717, 1.165) is 5.56 Å². The van der Waals surface area contributed by atoms with Crippen LogP contribution in [0.5, 0.6) is 5.75 Å². The molecule has 2 aromatic heterocycles. The lowest BCUT2D eigenvalue weighted by Crippen LogP contribution is -2.33. The first-order chi connectivity index (χ1) is 19.0. The Morgan fingerprint density at radius 1 is 1.20 bits per heavy atom. The van der Waals surface area contributed by atoms with Gasteiger partial charge in [0.05, 0.1) is 19.3 Å². The predicted octanol–water partition coefficient (Wildman–Crippen LogP) is 5.00. The van der Waals surface area contributed by atoms with Gasteiger partial charge >= 0.3 is 20.2 Å². The van der Waals surface area contributed by atoms with Crippen molar-refractivity contribution in [3.8, 4) is 16.2 Å². The van der Waals surface area contributed by atoms with Crippen molar-refractivity contribution in [3.05, 3.63) is 74.4 Å². The first-order valence-corrected chi connectivity index (χ1v) is 15.2. The summed E-state index contributed by atoms with van der Waals surface area (Å²) in [5.74, 6) is 0.206. The third-order valence-electron chi connectivity index (χ3n) is 6.14. The fourth-order valence-corrected chi connectivity index (χ4v) is 6.17. The monoisotopic (exact) mass is 589 g/mol. The summed E-state index contributed by atoms with van der Waals surface area (Å²) in [6.07, 6.45) is 1.24. The minimum Gasteiger partial charge on any atom is -0.464 e. The van der Waals surface area contributed by atoms with Crippen LogP contribution in [0, 0.1) is 18.3 Å². The molecule has 0 radical (unpaired) electrons. The summed E-state index contributed by atoms with van der Waals surface area (Å²) in [6.45, 7) is 10.4. The van der Waals surface area contributed by atoms with E-state index in [1.54, 1.807) is 11.3 Å². The molecule has 3 heterocycles. The van der Waals surface area contributed by atoms with Crippen molar-refractivity contribution in [1.29, 1.82) is 0 Å². The first-order valence-electron chi connectivity index (χ1n) is 13.1. The molecule has 1 aliphatic heterocycles. The molecule has 4 atom stereocenters. The van der Waals surface area contributed by atoms with E-state index in [1.807, 2.05) is 52.0 Å². The van der Waals surface area contributed by atoms with E-state index in [9.17, 15) is 14.4 Å². The number of aryl methyl sites for hydroxylation is 1. The number of carbonyl (C=O) groups excluding carboxylic acids is 1. The number of carbonyl (C=O) groups is 1. The van der Waals surface area contributed by atoms with Gasteiger partial charge in [0.25, 0.3) is 5.56 Å². The Hall–Kier alpha value is -2.82. The first kappa shape index (κ1) is 30.1. The minimum absolute atomic E-state index is 0.0120. The van der Waals surface area contributed by atoms with Crippen LogP contribution < -0.4 is 20.9 Å². The molecule has 1 aromatic carbocycles. The summed E-state index contributed by atoms with van der Waals surface area (Å²) in [5, 5.41) is 5.11. The van der Waals surface area contributed by atoms with Gasteiger partial charge in [0.1, 0.15) is 18.5 Å². The number of H-pyrrole nitrogens is 1. The fraction of sp³-hybridized carbons (Fsp3) is 0.464. The average molecular weight is 590 g/mol. The Morgan fingerprint density at radius 2 is 1.95 bits per heavy atom. The molecular weight excluding hydrogens is 553 g/mol. The van der Waals surface area contributed by atoms with E-state index in [0.29, 0.717) is 18.8 Å². The fourth-order valence-electron chi connectivity index (χ4n) is 4.16. The van der Waals surface area contributed by atoms with Gasteiger partial charge in [-0.3, -0.25) is 19.1 Å². The van der Waals surface area contributed by atoms with Crippen molar-refractivity contribution in [2.45, 2.75) is 53.4 Å². The molecule has 0 spiro atoms. The molecule has 216 valence electrons. The molecule has 12 heteroatoms. The Balaban J connectivity index is 1.39. The molecule has 0 amide bonds. The van der Waals surface area contributed by atoms with Gasteiger partial charge in [-0.25, -0.2) is 9.88 Å². The van der Waals surface area contributed by atoms with Gasteiger partial charge in [-0.1, -0.05) is 27.7 Å². The number of nitrogens with one attached hydrogen (secondary N) is 2. The number of esters is 1. The maximum Gasteiger partial charge on any atom is 0.330 e. The molecule has 1 fully saturated rings. The molecule has 1 saturated heterocycles. The predicted molar refractivity (Wildman–Crippen MR) is 155 cm³/mol. The maximum atomic E-state index is 12.3. The van der Waals surface area contributed by atoms with Gasteiger partial charge in [-0.2, -0.15) is 0 Å². The number of thiophene rings is 1. The standard InChI is InChI=1S/C28H36N3O7PS/c1-18-11-13-40-25(18)20-6-8-21(9-7-20)38-39(29-15-24(33)35-17-28(3,4)5)36-16-22-14-19(2)26(37-22)31-12-10-23(32)30-27(31)34/h6-13,19,22,26,29H,14-17H2,1-5H3,(H,30,32,34). The smallest absolute Gasteiger partial charge is 0.330 e. The van der Waals surface area contributed by atoms with Crippen molar-refractivity contribution < 1.29 is 23.3 Å². The summed E-state index contributed by atoms with van der Waals surface area (Å²) < 4.78 is 25.1. The number of aromatic amines is 1. The van der Waals surface area contributed by atoms with Crippen LogP contribution in [0.3, 0.4) is 0 Å². The molecule has 0 saturated carbocycles. The van der Waals surface area contributed by atoms with Crippen molar-refractivity contribution in [2.24, 2.45) is 11.3 Å². The maximum absolute atomic E-state index is 12.3. The Kier molecular flexibility index (Phi) is 9.97. The van der Waals surface area contributed by atoms with Gasteiger partial charge in [-0.05, 0) is 65.6 Å². The van der Waals surface area contributed by atoms with Gasteiger partial charge in [-0.15, -0.1) is 11.3 Å². The van der Waals surface area contributed by atoms with Gasteiger partial charge in [0, 0.05) is 23.1 Å². The van der Waals surface area contributed by atoms with Crippen LogP contribution in [0.25, 0.3) is 10.4 Å². The summed E-state index contributed by atoms with van der Waals surface area (Å²) >= 11 is 1.68. The third kappa shape index (κ3) is 8.34. The molecule has 3 aromatic rings. The van der Waals surface area contributed by atoms with E-state index in [1.165, 1.54) is 27.3 Å². The van der Waals surface area contributed by atoms with Crippen molar-refractivity contribution in [2.75, 3.05) is 19.8 Å². The summed E-state index contributed by atoms with van der Waals surface area (Å²) in [6, 6.07) is 11.1. The number of nitrogens with zero attached hydrogens (tertiary/aromatic N) is 1. The summed E-state index contributed by atoms with van der Waals surface area (Å²) in [4.78, 5) is 39.5. The van der Waals surface area contributed by atoms with E-state index in [4.69, 9.17) is 18.5 Å². The molecule has 2 N–H and O–H groups in total. The van der Waals surface area contributed by atoms with Crippen LogP contribution in [-0.2, 0) is 18.8 Å². The second-order valence-electron chi connectivity index (χ2n) is 11.0. The Bertz CT molecular complexity index is 1400. The lowest BCUT2D eigenvalue weighted by atomic mass is 9.99. The van der Waals surface area contributed by atoms with E-state index in [2.05, 4.69) is 28.4 Å². The topological polar surface area (TPSA) is 121 Å². The second-order valence-corrected chi connectivity index (χ2v) is 13.2. The lowest BCUT2D eigenvalue weighted by molar-refractivity contribution is -0.144. The highest BCUT2D eigenvalue weighted by Crippen LogP contribution is 2.40. The Labute approximate surface area is 238 Å². The third-order valence-corrected chi connectivity index (χ3v) is 8.38. The molecule has 1 aliphatic rings. The van der Waals surface area contributed by atoms with E-state index < -0.39 is 32.0 Å². The Morgan fingerprint density at radius 3 is 2.60 bits per heavy atom. The molecule has 4 rings (SSSR count). The highest BCUT2D eigenvalue weighted by Gasteiger charge is 2.35. The van der Waals surface area contributed by atoms with Crippen molar-refractivity contribution >= 4 is 25.8 Å². The number of hydrogen-bond acceptors (Lipinski definition) is 9. The lowest BCUT2D eigenvalue weighted by Gasteiger charge is -2.22. The van der Waals surface area contributed by atoms with Crippen LogP contribution >= 0.6 is 19.9 Å². The average Bonchev–Trinajstić information content (AvgIpc) is 3.49. The highest BCUT2D eigenvalue weighted by atomic mass is 32.1. The molecule has 0 bridgehead atoms. The zero-order valence-corrected chi connectivity index (χ0v) is 25.1. The number of hydrogen-bond donors (Lipinski definition) is 2. The van der Waals surface area contributed by atoms with Crippen molar-refractivity contribution in [1.82, 2.24) is 14.6 Å². The number of benzene rings is 1. The zero-order valence-electron chi connectivity index (χ0n) is 23.3. The zero-order chi connectivity index (χ0) is 28.9. The van der Waals surface area contributed by atoms with Gasteiger partial charge in [0.2, 0.25) is 0 Å². The van der Waals surface area contributed by atoms with Crippen LogP contribution in [-0.4, -0.2) is 41.4 Å². The van der Waals surface area contributed by atoms with Gasteiger partial charge < -0.3 is 18.5 Å². The normalized spacial score (nSPS) is 19.9. The SMILES string of the molecule is Cc1ccsc1-c1ccc(OP(NCC(=O)OCC(C)(C)C)OCC2CC(C)C(n3ccc(=O)[nH]c3=O)O2)cc1. The second kappa shape index (κ2) is 13.2. The quantitative estimate of drug-likeness (QED) is 0.237. The van der Waals surface area contributed by atoms with Crippen LogP contribution in [0.4, 0.5) is 0 Å². The summed E-state index contributed by atoms with van der Waals surface area (Å²) in [5.41, 5.74) is 1.19. The molecular formula is C28H36N3O7PS. The van der Waals surface area contributed by atoms with Crippen molar-refractivity contribution in [3.63, 3.8) is 0 Å². The number of rotatable bonds is 11. The molecule has 10 nitrogen and oxygen atoms in total. The number of aromatic nitrogens is 2. The van der Waals surface area contributed by atoms with E-state index >= 15 is 0 Å². The van der Waals surface area contributed by atoms with E-state index in [-0.39, 0.29) is 30.6 Å². The summed E-state index contributed by atoms with van der Waals surface area (Å²) in [7, 11) is -1.72. The molecule has 0 aliphatic carbocycles. The van der Waals surface area contributed by atoms with Gasteiger partial charge in [0.15, 0.2) is 0 Å². The highest BCUT2D eigenvalue weighted by molar-refractivity contribution is 7.45. The molecule has 4 unspecified atom stereocenters. The largest absolute Gasteiger partial charge is 0.464 e. The van der Waals surface area contributed by atoms with Crippen LogP contribution in [0.15, 0.2) is 57.6 Å².